The van der Waals surface area contributed by atoms with E-state index in [9.17, 15) is 14.4 Å². The second-order valence-electron chi connectivity index (χ2n) is 8.44. The zero-order chi connectivity index (χ0) is 27.0. The molecule has 1 aromatic heterocycles. The van der Waals surface area contributed by atoms with Crippen LogP contribution >= 0.6 is 23.1 Å². The third-order valence-electron chi connectivity index (χ3n) is 6.18. The van der Waals surface area contributed by atoms with Crippen LogP contribution in [0.1, 0.15) is 20.3 Å². The number of para-hydroxylation sites is 1. The highest BCUT2D eigenvalue weighted by Gasteiger charge is 2.35. The van der Waals surface area contributed by atoms with Crippen LogP contribution in [-0.4, -0.2) is 42.9 Å². The first kappa shape index (κ1) is 25.8. The monoisotopic (exact) mass is 550 g/mol. The molecule has 11 heteroatoms. The minimum absolute atomic E-state index is 0.181. The summed E-state index contributed by atoms with van der Waals surface area (Å²) in [5, 5.41) is 6.56. The molecule has 0 bridgehead atoms. The number of fused-ring (bicyclic) bond motifs is 1. The normalized spacial score (nSPS) is 17.6. The Kier molecular flexibility index (Phi) is 7.13. The lowest BCUT2D eigenvalue weighted by Crippen LogP contribution is -2.35. The molecule has 0 spiro atoms. The summed E-state index contributed by atoms with van der Waals surface area (Å²) in [6.45, 7) is 4.14. The lowest BCUT2D eigenvalue weighted by atomic mass is 10.1. The molecule has 5 rings (SSSR count). The Morgan fingerprint density at radius 2 is 1.84 bits per heavy atom. The lowest BCUT2D eigenvalue weighted by molar-refractivity contribution is -0.141. The van der Waals surface area contributed by atoms with Gasteiger partial charge in [-0.05, 0) is 38.1 Å². The van der Waals surface area contributed by atoms with Crippen molar-refractivity contribution < 1.29 is 19.1 Å². The van der Waals surface area contributed by atoms with E-state index in [0.29, 0.717) is 21.4 Å². The molecule has 0 unspecified atom stereocenters. The number of aromatic nitrogens is 1. The van der Waals surface area contributed by atoms with Gasteiger partial charge in [0.1, 0.15) is 20.0 Å². The number of nitrogens with zero attached hydrogens (tertiary/aromatic N) is 4. The molecule has 0 saturated carbocycles. The van der Waals surface area contributed by atoms with Crippen molar-refractivity contribution in [1.29, 1.82) is 0 Å². The van der Waals surface area contributed by atoms with Crippen molar-refractivity contribution >= 4 is 62.7 Å². The zero-order valence-corrected chi connectivity index (χ0v) is 23.0. The maximum atomic E-state index is 13.8. The molecule has 0 aliphatic carbocycles. The number of thioether (sulfide) groups is 1. The quantitative estimate of drug-likeness (QED) is 0.436. The molecular formula is C27H26N4O5S2. The Hall–Kier alpha value is -3.83. The molecule has 1 amide bonds. The van der Waals surface area contributed by atoms with Crippen LogP contribution in [0.15, 0.2) is 63.3 Å². The first-order chi connectivity index (χ1) is 18.4. The highest BCUT2D eigenvalue weighted by Crippen LogP contribution is 2.46. The van der Waals surface area contributed by atoms with E-state index in [1.807, 2.05) is 55.3 Å². The Morgan fingerprint density at radius 1 is 1.08 bits per heavy atom. The molecule has 0 N–H and O–H groups in total. The fourth-order valence-corrected chi connectivity index (χ4v) is 6.90. The van der Waals surface area contributed by atoms with E-state index >= 15 is 0 Å². The first-order valence-electron chi connectivity index (χ1n) is 12.1. The highest BCUT2D eigenvalue weighted by atomic mass is 32.2. The van der Waals surface area contributed by atoms with Crippen molar-refractivity contribution in [2.75, 3.05) is 30.7 Å². The number of carbonyl (C=O) groups excluding carboxylic acids is 2. The minimum atomic E-state index is -0.488. The number of anilines is 2. The fourth-order valence-electron chi connectivity index (χ4n) is 4.35. The van der Waals surface area contributed by atoms with Gasteiger partial charge in [0.15, 0.2) is 0 Å². The first-order valence-corrected chi connectivity index (χ1v) is 13.7. The highest BCUT2D eigenvalue weighted by molar-refractivity contribution is 8.08. The van der Waals surface area contributed by atoms with Crippen LogP contribution in [0.4, 0.5) is 11.4 Å². The number of methoxy groups -OCH3 is 1. The van der Waals surface area contributed by atoms with Gasteiger partial charge in [-0.2, -0.15) is 10.1 Å². The summed E-state index contributed by atoms with van der Waals surface area (Å²) in [5.41, 5.74) is 1.82. The van der Waals surface area contributed by atoms with E-state index < -0.39 is 11.9 Å². The number of amides is 1. The summed E-state index contributed by atoms with van der Waals surface area (Å²) in [6.07, 6.45) is -0.181. The lowest BCUT2D eigenvalue weighted by Gasteiger charge is -2.13. The average molecular weight is 551 g/mol. The largest absolute Gasteiger partial charge is 0.497 e. The predicted octanol–water partition coefficient (Wildman–Crippen LogP) is 2.75. The summed E-state index contributed by atoms with van der Waals surface area (Å²) in [7, 11) is 3.52. The molecular weight excluding hydrogens is 524 g/mol. The van der Waals surface area contributed by atoms with Crippen LogP contribution in [0.2, 0.25) is 0 Å². The number of hydrogen-bond acceptors (Lipinski definition) is 9. The summed E-state index contributed by atoms with van der Waals surface area (Å²) < 4.78 is 13.1. The van der Waals surface area contributed by atoms with Gasteiger partial charge in [-0.15, -0.1) is 11.3 Å². The smallest absolute Gasteiger partial charge is 0.311 e. The molecule has 3 heterocycles. The van der Waals surface area contributed by atoms with Gasteiger partial charge in [0.25, 0.3) is 11.5 Å². The molecule has 3 aromatic rings. The molecule has 38 heavy (non-hydrogen) atoms. The molecule has 9 nitrogen and oxygen atoms in total. The molecule has 0 radical (unpaired) electrons. The molecule has 196 valence electrons. The Bertz CT molecular complexity index is 1640. The van der Waals surface area contributed by atoms with Gasteiger partial charge < -0.3 is 14.4 Å². The number of ether oxygens (including phenoxy) is 2. The van der Waals surface area contributed by atoms with Gasteiger partial charge in [-0.1, -0.05) is 30.0 Å². The zero-order valence-electron chi connectivity index (χ0n) is 21.4. The Labute approximate surface area is 227 Å². The van der Waals surface area contributed by atoms with Crippen molar-refractivity contribution in [3.05, 3.63) is 68.1 Å². The SMILES string of the molecule is CCOC(=O)CC1=NN(c2ccccc2)C(=O)/C1=c1/s/c(=C2\Sc3ccc(OC)cc3N2C)c(=O)n1CC. The van der Waals surface area contributed by atoms with Gasteiger partial charge in [-0.3, -0.25) is 19.0 Å². The Balaban J connectivity index is 1.72. The van der Waals surface area contributed by atoms with E-state index in [1.54, 1.807) is 30.7 Å². The number of hydrazone groups is 1. The third kappa shape index (κ3) is 4.41. The van der Waals surface area contributed by atoms with E-state index in [1.165, 1.54) is 28.1 Å². The minimum Gasteiger partial charge on any atom is -0.497 e. The van der Waals surface area contributed by atoms with Gasteiger partial charge in [0.05, 0.1) is 42.8 Å². The van der Waals surface area contributed by atoms with Crippen LogP contribution in [-0.2, 0) is 20.9 Å². The van der Waals surface area contributed by atoms with E-state index in [2.05, 4.69) is 5.10 Å². The molecule has 2 aliphatic rings. The maximum Gasteiger partial charge on any atom is 0.311 e. The number of benzene rings is 2. The van der Waals surface area contributed by atoms with Gasteiger partial charge in [-0.25, -0.2) is 0 Å². The van der Waals surface area contributed by atoms with Crippen LogP contribution in [0.25, 0.3) is 10.6 Å². The molecule has 0 saturated heterocycles. The van der Waals surface area contributed by atoms with Crippen molar-refractivity contribution in [3.63, 3.8) is 0 Å². The van der Waals surface area contributed by atoms with Crippen LogP contribution in [0, 0.1) is 0 Å². The van der Waals surface area contributed by atoms with Crippen molar-refractivity contribution in [2.24, 2.45) is 5.10 Å². The predicted molar refractivity (Wildman–Crippen MR) is 150 cm³/mol. The second-order valence-corrected chi connectivity index (χ2v) is 10.5. The maximum absolute atomic E-state index is 13.8. The van der Waals surface area contributed by atoms with Crippen LogP contribution in [0.5, 0.6) is 5.75 Å². The number of thiazole rings is 1. The van der Waals surface area contributed by atoms with E-state index in [0.717, 1.165) is 21.4 Å². The average Bonchev–Trinajstić information content (AvgIpc) is 3.54. The summed E-state index contributed by atoms with van der Waals surface area (Å²) >= 11 is 2.73. The topological polar surface area (TPSA) is 93.4 Å². The number of rotatable bonds is 6. The van der Waals surface area contributed by atoms with Crippen molar-refractivity contribution in [2.45, 2.75) is 31.7 Å². The van der Waals surface area contributed by atoms with Gasteiger partial charge in [0.2, 0.25) is 0 Å². The van der Waals surface area contributed by atoms with E-state index in [4.69, 9.17) is 9.47 Å². The number of esters is 1. The standard InChI is InChI=1S/C27H26N4O5S2/c1-5-30-25(34)23(27-29(3)19-14-17(35-4)12-13-20(19)37-27)38-26(30)22-18(15-21(32)36-6-2)28-31(24(22)33)16-10-8-7-9-11-16/h7-14H,5-6,15H2,1-4H3/b26-22+,27-23-. The van der Waals surface area contributed by atoms with Crippen molar-refractivity contribution in [3.8, 4) is 5.75 Å². The third-order valence-corrected chi connectivity index (χ3v) is 8.74. The van der Waals surface area contributed by atoms with Crippen molar-refractivity contribution in [1.82, 2.24) is 4.57 Å². The number of hydrogen-bond donors (Lipinski definition) is 0. The summed E-state index contributed by atoms with van der Waals surface area (Å²) in [6, 6.07) is 14.8. The van der Waals surface area contributed by atoms with Crippen LogP contribution < -0.4 is 29.4 Å². The fraction of sp³-hybridized carbons (Fsp3) is 0.259. The number of carbonyl (C=O) groups is 2. The van der Waals surface area contributed by atoms with Gasteiger partial charge >= 0.3 is 5.97 Å². The summed E-state index contributed by atoms with van der Waals surface area (Å²) in [4.78, 5) is 42.9. The summed E-state index contributed by atoms with van der Waals surface area (Å²) in [5.74, 6) is -0.155. The van der Waals surface area contributed by atoms with E-state index in [-0.39, 0.29) is 29.9 Å². The molecule has 2 aromatic carbocycles. The second kappa shape index (κ2) is 10.5. The van der Waals surface area contributed by atoms with Crippen LogP contribution in [0.3, 0.4) is 0 Å². The molecule has 0 atom stereocenters. The molecule has 0 fully saturated rings. The molecule has 2 aliphatic heterocycles. The Morgan fingerprint density at radius 3 is 2.53 bits per heavy atom. The van der Waals surface area contributed by atoms with Gasteiger partial charge in [0, 0.05) is 24.6 Å².